The van der Waals surface area contributed by atoms with Gasteiger partial charge in [0.15, 0.2) is 0 Å². The molecule has 1 N–H and O–H groups in total. The van der Waals surface area contributed by atoms with Gasteiger partial charge in [0.05, 0.1) is 6.26 Å². The molecule has 4 heteroatoms. The van der Waals surface area contributed by atoms with Crippen molar-refractivity contribution in [2.45, 2.75) is 38.3 Å². The summed E-state index contributed by atoms with van der Waals surface area (Å²) in [7, 11) is 2.03. The fourth-order valence-electron chi connectivity index (χ4n) is 2.99. The number of nitrogens with one attached hydrogen (secondary N) is 1. The third kappa shape index (κ3) is 2.59. The van der Waals surface area contributed by atoms with Gasteiger partial charge in [-0.3, -0.25) is 5.32 Å². The summed E-state index contributed by atoms with van der Waals surface area (Å²) in [4.78, 5) is 4.47. The first kappa shape index (κ1) is 12.5. The van der Waals surface area contributed by atoms with E-state index in [2.05, 4.69) is 21.8 Å². The van der Waals surface area contributed by atoms with Crippen molar-refractivity contribution in [2.24, 2.45) is 13.0 Å². The molecule has 2 heterocycles. The van der Waals surface area contributed by atoms with Crippen LogP contribution >= 0.6 is 0 Å². The fourth-order valence-corrected chi connectivity index (χ4v) is 2.99. The van der Waals surface area contributed by atoms with E-state index in [0.29, 0.717) is 6.04 Å². The third-order valence-corrected chi connectivity index (χ3v) is 4.04. The maximum absolute atomic E-state index is 5.60. The molecule has 1 aliphatic carbocycles. The minimum absolute atomic E-state index is 0.0466. The van der Waals surface area contributed by atoms with E-state index in [9.17, 15) is 0 Å². The van der Waals surface area contributed by atoms with Crippen LogP contribution in [0.4, 0.5) is 0 Å². The topological polar surface area (TPSA) is 43.0 Å². The Morgan fingerprint density at radius 1 is 1.47 bits per heavy atom. The lowest BCUT2D eigenvalue weighted by molar-refractivity contribution is 0.386. The molecule has 4 nitrogen and oxygen atoms in total. The standard InChI is InChI=1S/C15H21N3O/c1-11-5-6-12(10-11)17-14(13-4-3-9-19-13)15-16-7-8-18(15)2/h3-4,7-9,11-12,14,17H,5-6,10H2,1-2H3. The molecule has 19 heavy (non-hydrogen) atoms. The Balaban J connectivity index is 1.83. The van der Waals surface area contributed by atoms with Crippen LogP contribution in [0.3, 0.4) is 0 Å². The lowest BCUT2D eigenvalue weighted by Crippen LogP contribution is -2.33. The van der Waals surface area contributed by atoms with Gasteiger partial charge in [0.1, 0.15) is 17.6 Å². The number of hydrogen-bond acceptors (Lipinski definition) is 3. The first-order chi connectivity index (χ1) is 9.24. The fraction of sp³-hybridized carbons (Fsp3) is 0.533. The minimum Gasteiger partial charge on any atom is -0.467 e. The Morgan fingerprint density at radius 2 is 2.37 bits per heavy atom. The largest absolute Gasteiger partial charge is 0.467 e. The number of aryl methyl sites for hydroxylation is 1. The predicted octanol–water partition coefficient (Wildman–Crippen LogP) is 2.88. The second-order valence-corrected chi connectivity index (χ2v) is 5.63. The summed E-state index contributed by atoms with van der Waals surface area (Å²) in [5, 5.41) is 3.71. The van der Waals surface area contributed by atoms with Crippen LogP contribution in [-0.4, -0.2) is 15.6 Å². The zero-order valence-electron chi connectivity index (χ0n) is 11.5. The van der Waals surface area contributed by atoms with E-state index in [1.54, 1.807) is 6.26 Å². The van der Waals surface area contributed by atoms with Crippen molar-refractivity contribution in [1.82, 2.24) is 14.9 Å². The maximum Gasteiger partial charge on any atom is 0.133 e. The Morgan fingerprint density at radius 3 is 2.95 bits per heavy atom. The molecular weight excluding hydrogens is 238 g/mol. The van der Waals surface area contributed by atoms with Crippen molar-refractivity contribution in [1.29, 1.82) is 0 Å². The van der Waals surface area contributed by atoms with Crippen LogP contribution in [0, 0.1) is 5.92 Å². The van der Waals surface area contributed by atoms with Gasteiger partial charge in [0.2, 0.25) is 0 Å². The predicted molar refractivity (Wildman–Crippen MR) is 73.7 cm³/mol. The molecule has 2 aromatic heterocycles. The monoisotopic (exact) mass is 259 g/mol. The average molecular weight is 259 g/mol. The second-order valence-electron chi connectivity index (χ2n) is 5.63. The van der Waals surface area contributed by atoms with Crippen LogP contribution in [0.25, 0.3) is 0 Å². The lowest BCUT2D eigenvalue weighted by atomic mass is 10.1. The quantitative estimate of drug-likeness (QED) is 0.918. The Kier molecular flexibility index (Phi) is 3.42. The Labute approximate surface area is 113 Å². The molecule has 0 aliphatic heterocycles. The Bertz CT molecular complexity index is 517. The molecule has 0 amide bonds. The highest BCUT2D eigenvalue weighted by molar-refractivity contribution is 5.16. The highest BCUT2D eigenvalue weighted by Crippen LogP contribution is 2.29. The summed E-state index contributed by atoms with van der Waals surface area (Å²) in [6.07, 6.45) is 9.33. The number of aromatic nitrogens is 2. The molecule has 3 unspecified atom stereocenters. The van der Waals surface area contributed by atoms with Crippen LogP contribution < -0.4 is 5.32 Å². The van der Waals surface area contributed by atoms with E-state index in [0.717, 1.165) is 17.5 Å². The van der Waals surface area contributed by atoms with E-state index in [1.807, 2.05) is 31.6 Å². The van der Waals surface area contributed by atoms with E-state index in [4.69, 9.17) is 4.42 Å². The molecule has 102 valence electrons. The van der Waals surface area contributed by atoms with Gasteiger partial charge in [-0.2, -0.15) is 0 Å². The first-order valence-electron chi connectivity index (χ1n) is 7.00. The van der Waals surface area contributed by atoms with Gasteiger partial charge in [0, 0.05) is 25.5 Å². The van der Waals surface area contributed by atoms with Gasteiger partial charge in [-0.25, -0.2) is 4.98 Å². The summed E-state index contributed by atoms with van der Waals surface area (Å²) in [5.41, 5.74) is 0. The number of hydrogen-bond donors (Lipinski definition) is 1. The smallest absolute Gasteiger partial charge is 0.133 e. The maximum atomic E-state index is 5.60. The van der Waals surface area contributed by atoms with Gasteiger partial charge in [0.25, 0.3) is 0 Å². The van der Waals surface area contributed by atoms with Gasteiger partial charge in [-0.05, 0) is 37.3 Å². The molecule has 0 aromatic carbocycles. The highest BCUT2D eigenvalue weighted by Gasteiger charge is 2.28. The van der Waals surface area contributed by atoms with Gasteiger partial charge < -0.3 is 8.98 Å². The van der Waals surface area contributed by atoms with Crippen molar-refractivity contribution in [3.63, 3.8) is 0 Å². The van der Waals surface area contributed by atoms with Crippen molar-refractivity contribution in [3.05, 3.63) is 42.4 Å². The molecule has 0 spiro atoms. The van der Waals surface area contributed by atoms with E-state index in [1.165, 1.54) is 19.3 Å². The van der Waals surface area contributed by atoms with Crippen LogP contribution in [0.1, 0.15) is 43.8 Å². The molecule has 2 aromatic rings. The van der Waals surface area contributed by atoms with Crippen molar-refractivity contribution in [3.8, 4) is 0 Å². The third-order valence-electron chi connectivity index (χ3n) is 4.04. The molecule has 0 radical (unpaired) electrons. The summed E-state index contributed by atoms with van der Waals surface area (Å²) in [6, 6.07) is 4.56. The number of rotatable bonds is 4. The zero-order valence-corrected chi connectivity index (χ0v) is 11.5. The molecule has 1 fully saturated rings. The number of imidazole rings is 1. The summed E-state index contributed by atoms with van der Waals surface area (Å²) in [6.45, 7) is 2.32. The van der Waals surface area contributed by atoms with Crippen LogP contribution in [0.15, 0.2) is 35.2 Å². The molecule has 1 saturated carbocycles. The lowest BCUT2D eigenvalue weighted by Gasteiger charge is -2.21. The van der Waals surface area contributed by atoms with Crippen LogP contribution in [-0.2, 0) is 7.05 Å². The summed E-state index contributed by atoms with van der Waals surface area (Å²) >= 11 is 0. The van der Waals surface area contributed by atoms with Gasteiger partial charge >= 0.3 is 0 Å². The van der Waals surface area contributed by atoms with Gasteiger partial charge in [-0.1, -0.05) is 6.92 Å². The normalized spacial score (nSPS) is 24.7. The zero-order chi connectivity index (χ0) is 13.2. The number of nitrogens with zero attached hydrogens (tertiary/aromatic N) is 2. The van der Waals surface area contributed by atoms with E-state index >= 15 is 0 Å². The van der Waals surface area contributed by atoms with Crippen LogP contribution in [0.5, 0.6) is 0 Å². The average Bonchev–Trinajstić information content (AvgIpc) is 3.08. The van der Waals surface area contributed by atoms with Gasteiger partial charge in [-0.15, -0.1) is 0 Å². The van der Waals surface area contributed by atoms with E-state index < -0.39 is 0 Å². The summed E-state index contributed by atoms with van der Waals surface area (Å²) in [5.74, 6) is 2.76. The molecule has 0 saturated heterocycles. The molecule has 1 aliphatic rings. The number of furan rings is 1. The molecule has 3 rings (SSSR count). The molecular formula is C15H21N3O. The van der Waals surface area contributed by atoms with Crippen LogP contribution in [0.2, 0.25) is 0 Å². The SMILES string of the molecule is CC1CCC(NC(c2ccco2)c2nccn2C)C1. The Hall–Kier alpha value is -1.55. The summed E-state index contributed by atoms with van der Waals surface area (Å²) < 4.78 is 7.65. The first-order valence-corrected chi connectivity index (χ1v) is 7.00. The molecule has 0 bridgehead atoms. The van der Waals surface area contributed by atoms with E-state index in [-0.39, 0.29) is 6.04 Å². The van der Waals surface area contributed by atoms with Crippen molar-refractivity contribution < 1.29 is 4.42 Å². The second kappa shape index (κ2) is 5.21. The minimum atomic E-state index is 0.0466. The van der Waals surface area contributed by atoms with Crippen molar-refractivity contribution >= 4 is 0 Å². The highest BCUT2D eigenvalue weighted by atomic mass is 16.3. The van der Waals surface area contributed by atoms with Crippen molar-refractivity contribution in [2.75, 3.05) is 0 Å². The molecule has 3 atom stereocenters.